The van der Waals surface area contributed by atoms with Crippen LogP contribution in [0.3, 0.4) is 0 Å². The molecule has 1 aliphatic heterocycles. The topological polar surface area (TPSA) is 51.3 Å². The largest absolute Gasteiger partial charge is 0.500 e. The molecule has 98 valence electrons. The van der Waals surface area contributed by atoms with Crippen LogP contribution < -0.4 is 11.0 Å². The van der Waals surface area contributed by atoms with Gasteiger partial charge in [0.25, 0.3) is 0 Å². The van der Waals surface area contributed by atoms with E-state index in [9.17, 15) is 4.79 Å². The number of aromatic nitrogens is 1. The number of hydrogen-bond donors (Lipinski definition) is 1. The maximum Gasteiger partial charge on any atom is 0.500 e. The van der Waals surface area contributed by atoms with Crippen molar-refractivity contribution in [1.29, 1.82) is 0 Å². The normalized spacial score (nSPS) is 21.3. The summed E-state index contributed by atoms with van der Waals surface area (Å²) in [5.41, 5.74) is 0.472. The molecule has 0 amide bonds. The average molecular weight is 249 g/mol. The van der Waals surface area contributed by atoms with Gasteiger partial charge in [0.15, 0.2) is 0 Å². The maximum absolute atomic E-state index is 12.0. The van der Waals surface area contributed by atoms with Crippen molar-refractivity contribution in [2.24, 2.45) is 0 Å². The Kier molecular flexibility index (Phi) is 3.15. The van der Waals surface area contributed by atoms with Crippen molar-refractivity contribution in [3.8, 4) is 0 Å². The Morgan fingerprint density at radius 3 is 2.17 bits per heavy atom. The molecule has 0 bridgehead atoms. The van der Waals surface area contributed by atoms with Crippen molar-refractivity contribution in [2.75, 3.05) is 0 Å². The summed E-state index contributed by atoms with van der Waals surface area (Å²) in [6.07, 6.45) is 0.804. The van der Waals surface area contributed by atoms with Crippen LogP contribution in [0.15, 0.2) is 16.9 Å². The first-order valence-electron chi connectivity index (χ1n) is 6.34. The van der Waals surface area contributed by atoms with Crippen molar-refractivity contribution < 1.29 is 9.31 Å². The first-order chi connectivity index (χ1) is 8.27. The Labute approximate surface area is 108 Å². The van der Waals surface area contributed by atoms with E-state index in [1.807, 2.05) is 40.7 Å². The van der Waals surface area contributed by atoms with Crippen molar-refractivity contribution in [3.63, 3.8) is 0 Å². The Morgan fingerprint density at radius 1 is 1.17 bits per heavy atom. The van der Waals surface area contributed by atoms with Gasteiger partial charge < -0.3 is 14.3 Å². The van der Waals surface area contributed by atoms with Gasteiger partial charge in [-0.05, 0) is 40.2 Å². The predicted molar refractivity (Wildman–Crippen MR) is 72.2 cm³/mol. The predicted octanol–water partition coefficient (Wildman–Crippen LogP) is 1.24. The minimum Gasteiger partial charge on any atom is -0.399 e. The van der Waals surface area contributed by atoms with E-state index in [2.05, 4.69) is 4.98 Å². The molecular weight excluding hydrogens is 229 g/mol. The maximum atomic E-state index is 12.0. The first-order valence-corrected chi connectivity index (χ1v) is 6.34. The second-order valence-corrected chi connectivity index (χ2v) is 5.71. The molecule has 1 fully saturated rings. The number of aryl methyl sites for hydroxylation is 1. The summed E-state index contributed by atoms with van der Waals surface area (Å²) in [5.74, 6) is 0. The fraction of sp³-hybridized carbons (Fsp3) is 0.615. The minimum atomic E-state index is -0.593. The van der Waals surface area contributed by atoms with Crippen molar-refractivity contribution >= 4 is 12.6 Å². The molecule has 2 rings (SSSR count). The van der Waals surface area contributed by atoms with Gasteiger partial charge >= 0.3 is 7.12 Å². The fourth-order valence-electron chi connectivity index (χ4n) is 1.89. The Bertz CT molecular complexity index is 491. The molecule has 0 radical (unpaired) electrons. The number of hydrogen-bond acceptors (Lipinski definition) is 3. The molecule has 1 aromatic rings. The second-order valence-electron chi connectivity index (χ2n) is 5.71. The zero-order chi connectivity index (χ0) is 13.6. The van der Waals surface area contributed by atoms with Crippen molar-refractivity contribution in [1.82, 2.24) is 4.98 Å². The molecule has 0 aliphatic carbocycles. The minimum absolute atomic E-state index is 0.132. The molecule has 0 spiro atoms. The van der Waals surface area contributed by atoms with E-state index in [4.69, 9.17) is 9.31 Å². The Balaban J connectivity index is 2.33. The second kappa shape index (κ2) is 4.25. The third-order valence-electron chi connectivity index (χ3n) is 3.89. The summed E-state index contributed by atoms with van der Waals surface area (Å²) < 4.78 is 11.7. The number of rotatable bonds is 2. The third-order valence-corrected chi connectivity index (χ3v) is 3.89. The van der Waals surface area contributed by atoms with E-state index >= 15 is 0 Å². The monoisotopic (exact) mass is 249 g/mol. The number of H-pyrrole nitrogens is 1. The molecule has 4 nitrogen and oxygen atoms in total. The summed E-state index contributed by atoms with van der Waals surface area (Å²) in [7, 11) is -0.593. The lowest BCUT2D eigenvalue weighted by molar-refractivity contribution is 0.00578. The van der Waals surface area contributed by atoms with Gasteiger partial charge in [0.05, 0.1) is 11.2 Å². The standard InChI is InChI=1S/C13H20BNO3/c1-6-9-7-8-10(11(16)15-9)14-17-12(2,3)13(4,5)18-14/h7-8H,6H2,1-5H3,(H,15,16). The summed E-state index contributed by atoms with van der Waals surface area (Å²) in [5, 5.41) is 0. The molecule has 1 saturated heterocycles. The van der Waals surface area contributed by atoms with Gasteiger partial charge in [0, 0.05) is 11.2 Å². The summed E-state index contributed by atoms with van der Waals surface area (Å²) >= 11 is 0. The van der Waals surface area contributed by atoms with Crippen LogP contribution in [0, 0.1) is 0 Å². The number of pyridine rings is 1. The quantitative estimate of drug-likeness (QED) is 0.802. The molecule has 1 aromatic heterocycles. The van der Waals surface area contributed by atoms with Crippen LogP contribution in [0.4, 0.5) is 0 Å². The zero-order valence-corrected chi connectivity index (χ0v) is 11.7. The highest BCUT2D eigenvalue weighted by Crippen LogP contribution is 2.36. The zero-order valence-electron chi connectivity index (χ0n) is 11.7. The SMILES string of the molecule is CCc1ccc(B2OC(C)(C)C(C)(C)O2)c(=O)[nH]1. The molecule has 1 aliphatic rings. The molecule has 0 atom stereocenters. The average Bonchev–Trinajstić information content (AvgIpc) is 2.47. The Morgan fingerprint density at radius 2 is 1.72 bits per heavy atom. The van der Waals surface area contributed by atoms with Crippen LogP contribution in [-0.4, -0.2) is 23.3 Å². The van der Waals surface area contributed by atoms with E-state index in [1.165, 1.54) is 0 Å². The van der Waals surface area contributed by atoms with Crippen molar-refractivity contribution in [2.45, 2.75) is 52.2 Å². The number of nitrogens with one attached hydrogen (secondary N) is 1. The van der Waals surface area contributed by atoms with E-state index in [1.54, 1.807) is 6.07 Å². The molecule has 0 unspecified atom stereocenters. The highest BCUT2D eigenvalue weighted by molar-refractivity contribution is 6.61. The molecular formula is C13H20BNO3. The van der Waals surface area contributed by atoms with E-state index < -0.39 is 18.3 Å². The van der Waals surface area contributed by atoms with Gasteiger partial charge in [-0.1, -0.05) is 13.0 Å². The van der Waals surface area contributed by atoms with Crippen LogP contribution in [-0.2, 0) is 15.7 Å². The first kappa shape index (κ1) is 13.4. The number of aromatic amines is 1. The highest BCUT2D eigenvalue weighted by Gasteiger charge is 2.52. The van der Waals surface area contributed by atoms with E-state index in [0.29, 0.717) is 5.46 Å². The lowest BCUT2D eigenvalue weighted by Gasteiger charge is -2.32. The van der Waals surface area contributed by atoms with Crippen LogP contribution in [0.1, 0.15) is 40.3 Å². The van der Waals surface area contributed by atoms with Crippen LogP contribution >= 0.6 is 0 Å². The molecule has 0 saturated carbocycles. The fourth-order valence-corrected chi connectivity index (χ4v) is 1.89. The van der Waals surface area contributed by atoms with E-state index in [-0.39, 0.29) is 5.56 Å². The molecule has 0 aromatic carbocycles. The third kappa shape index (κ3) is 2.13. The van der Waals surface area contributed by atoms with Gasteiger partial charge in [-0.25, -0.2) is 0 Å². The van der Waals surface area contributed by atoms with Gasteiger partial charge in [0.1, 0.15) is 0 Å². The van der Waals surface area contributed by atoms with E-state index in [0.717, 1.165) is 12.1 Å². The molecule has 1 N–H and O–H groups in total. The van der Waals surface area contributed by atoms with Gasteiger partial charge in [0.2, 0.25) is 5.56 Å². The summed E-state index contributed by atoms with van der Waals surface area (Å²) in [6.45, 7) is 9.89. The summed E-state index contributed by atoms with van der Waals surface area (Å²) in [4.78, 5) is 14.8. The van der Waals surface area contributed by atoms with Crippen LogP contribution in [0.25, 0.3) is 0 Å². The Hall–Kier alpha value is -1.07. The smallest absolute Gasteiger partial charge is 0.399 e. The molecule has 18 heavy (non-hydrogen) atoms. The van der Waals surface area contributed by atoms with Crippen LogP contribution in [0.2, 0.25) is 0 Å². The molecule has 2 heterocycles. The van der Waals surface area contributed by atoms with Crippen LogP contribution in [0.5, 0.6) is 0 Å². The highest BCUT2D eigenvalue weighted by atomic mass is 16.7. The lowest BCUT2D eigenvalue weighted by Crippen LogP contribution is -2.44. The van der Waals surface area contributed by atoms with Crippen molar-refractivity contribution in [3.05, 3.63) is 28.2 Å². The lowest BCUT2D eigenvalue weighted by atomic mass is 9.80. The van der Waals surface area contributed by atoms with Gasteiger partial charge in [-0.2, -0.15) is 0 Å². The van der Waals surface area contributed by atoms with Gasteiger partial charge in [-0.3, -0.25) is 4.79 Å². The summed E-state index contributed by atoms with van der Waals surface area (Å²) in [6, 6.07) is 3.70. The molecule has 5 heteroatoms. The van der Waals surface area contributed by atoms with Gasteiger partial charge in [-0.15, -0.1) is 0 Å².